The molecule has 2 aromatic carbocycles. The van der Waals surface area contributed by atoms with Crippen molar-refractivity contribution in [2.45, 2.75) is 44.7 Å². The predicted molar refractivity (Wildman–Crippen MR) is 110 cm³/mol. The molecule has 1 aliphatic rings. The van der Waals surface area contributed by atoms with E-state index in [9.17, 15) is 17.6 Å². The van der Waals surface area contributed by atoms with Crippen molar-refractivity contribution >= 4 is 21.8 Å². The van der Waals surface area contributed by atoms with Crippen molar-refractivity contribution in [1.82, 2.24) is 10.0 Å². The Labute approximate surface area is 170 Å². The van der Waals surface area contributed by atoms with Gasteiger partial charge in [-0.15, -0.1) is 0 Å². The highest BCUT2D eigenvalue weighted by Gasteiger charge is 2.32. The highest BCUT2D eigenvalue weighted by molar-refractivity contribution is 7.90. The zero-order valence-electron chi connectivity index (χ0n) is 16.6. The molecule has 1 aliphatic heterocycles. The Bertz CT molecular complexity index is 1060. The van der Waals surface area contributed by atoms with Crippen molar-refractivity contribution in [2.24, 2.45) is 10.9 Å². The maximum absolute atomic E-state index is 13.4. The number of halogens is 1. The quantitative estimate of drug-likeness (QED) is 0.758. The number of rotatable bonds is 6. The van der Waals surface area contributed by atoms with Gasteiger partial charge in [0.15, 0.2) is 0 Å². The molecule has 1 atom stereocenters. The molecule has 3 rings (SSSR count). The summed E-state index contributed by atoms with van der Waals surface area (Å²) in [4.78, 5) is 17.4. The van der Waals surface area contributed by atoms with E-state index < -0.39 is 16.1 Å². The fourth-order valence-corrected chi connectivity index (χ4v) is 4.41. The van der Waals surface area contributed by atoms with Gasteiger partial charge < -0.3 is 5.32 Å². The van der Waals surface area contributed by atoms with E-state index >= 15 is 0 Å². The number of aliphatic imine (C=N–C) groups is 1. The van der Waals surface area contributed by atoms with Crippen LogP contribution in [0.25, 0.3) is 0 Å². The van der Waals surface area contributed by atoms with Gasteiger partial charge >= 0.3 is 0 Å². The zero-order valence-corrected chi connectivity index (χ0v) is 17.4. The minimum atomic E-state index is -3.67. The van der Waals surface area contributed by atoms with Gasteiger partial charge in [0.05, 0.1) is 4.90 Å². The van der Waals surface area contributed by atoms with Gasteiger partial charge in [-0.1, -0.05) is 38.1 Å². The molecule has 0 fully saturated rings. The van der Waals surface area contributed by atoms with Crippen LogP contribution in [-0.4, -0.2) is 26.2 Å². The lowest BCUT2D eigenvalue weighted by Gasteiger charge is -2.16. The molecule has 0 radical (unpaired) electrons. The molecule has 0 spiro atoms. The van der Waals surface area contributed by atoms with Crippen LogP contribution in [-0.2, 0) is 21.4 Å². The van der Waals surface area contributed by atoms with Gasteiger partial charge in [0.1, 0.15) is 17.7 Å². The first-order valence-electron chi connectivity index (χ1n) is 9.40. The van der Waals surface area contributed by atoms with Crippen LogP contribution in [0.15, 0.2) is 52.4 Å². The van der Waals surface area contributed by atoms with E-state index in [4.69, 9.17) is 0 Å². The first-order valence-corrected chi connectivity index (χ1v) is 10.9. The molecule has 2 N–H and O–H groups in total. The van der Waals surface area contributed by atoms with Crippen LogP contribution >= 0.6 is 0 Å². The first kappa shape index (κ1) is 21.0. The molecule has 0 aromatic heterocycles. The van der Waals surface area contributed by atoms with Crippen LogP contribution in [0.4, 0.5) is 4.39 Å². The van der Waals surface area contributed by atoms with Gasteiger partial charge in [-0.3, -0.25) is 14.5 Å². The SMILES string of the molecule is Cc1cc(CNC(=O)[C@@H](CC(C)C)N=C2NS(=O)(=O)c3ccccc32)ccc1F. The molecular weight excluding hydrogens is 393 g/mol. The van der Waals surface area contributed by atoms with E-state index in [2.05, 4.69) is 15.0 Å². The molecule has 0 aliphatic carbocycles. The second-order valence-corrected chi connectivity index (χ2v) is 9.18. The Morgan fingerprint density at radius 1 is 1.21 bits per heavy atom. The van der Waals surface area contributed by atoms with Gasteiger partial charge in [0.25, 0.3) is 10.0 Å². The number of amidine groups is 1. The number of benzene rings is 2. The molecule has 1 amide bonds. The second kappa shape index (κ2) is 8.32. The smallest absolute Gasteiger partial charge is 0.263 e. The molecule has 2 aromatic rings. The van der Waals surface area contributed by atoms with Crippen LogP contribution in [0, 0.1) is 18.7 Å². The molecule has 154 valence electrons. The molecule has 0 unspecified atom stereocenters. The van der Waals surface area contributed by atoms with Gasteiger partial charge in [-0.05, 0) is 48.6 Å². The number of aryl methyl sites for hydroxylation is 1. The van der Waals surface area contributed by atoms with Crippen molar-refractivity contribution < 1.29 is 17.6 Å². The number of hydrogen-bond acceptors (Lipinski definition) is 4. The Morgan fingerprint density at radius 3 is 2.62 bits per heavy atom. The van der Waals surface area contributed by atoms with Gasteiger partial charge in [-0.2, -0.15) is 0 Å². The molecule has 29 heavy (non-hydrogen) atoms. The van der Waals surface area contributed by atoms with Crippen molar-refractivity contribution in [3.63, 3.8) is 0 Å². The third-order valence-corrected chi connectivity index (χ3v) is 6.03. The van der Waals surface area contributed by atoms with Crippen molar-refractivity contribution in [3.8, 4) is 0 Å². The van der Waals surface area contributed by atoms with E-state index in [1.807, 2.05) is 13.8 Å². The lowest BCUT2D eigenvalue weighted by Crippen LogP contribution is -2.36. The summed E-state index contributed by atoms with van der Waals surface area (Å²) < 4.78 is 40.4. The Balaban J connectivity index is 1.82. The Morgan fingerprint density at radius 2 is 1.93 bits per heavy atom. The van der Waals surface area contributed by atoms with E-state index in [1.165, 1.54) is 12.1 Å². The molecule has 0 saturated heterocycles. The molecule has 1 heterocycles. The zero-order chi connectivity index (χ0) is 21.2. The van der Waals surface area contributed by atoms with Gasteiger partial charge in [0, 0.05) is 12.1 Å². The summed E-state index contributed by atoms with van der Waals surface area (Å²) in [7, 11) is -3.67. The lowest BCUT2D eigenvalue weighted by atomic mass is 10.0. The van der Waals surface area contributed by atoms with Gasteiger partial charge in [-0.25, -0.2) is 12.8 Å². The average molecular weight is 418 g/mol. The average Bonchev–Trinajstić information content (AvgIpc) is 2.92. The summed E-state index contributed by atoms with van der Waals surface area (Å²) in [6, 6.07) is 10.5. The summed E-state index contributed by atoms with van der Waals surface area (Å²) in [5.41, 5.74) is 1.75. The van der Waals surface area contributed by atoms with E-state index in [0.29, 0.717) is 17.5 Å². The summed E-state index contributed by atoms with van der Waals surface area (Å²) in [5.74, 6) is -0.247. The highest BCUT2D eigenvalue weighted by Crippen LogP contribution is 2.23. The standard InChI is InChI=1S/C21H24FN3O3S/c1-13(2)10-18(21(26)23-12-15-8-9-17(22)14(3)11-15)24-20-16-6-4-5-7-19(16)29(27,28)25-20/h4-9,11,13,18H,10,12H2,1-3H3,(H,23,26)(H,24,25)/t18-/m1/s1. The van der Waals surface area contributed by atoms with E-state index in [-0.39, 0.29) is 34.9 Å². The summed E-state index contributed by atoms with van der Waals surface area (Å²) in [6.07, 6.45) is 0.460. The largest absolute Gasteiger partial charge is 0.350 e. The Kier molecular flexibility index (Phi) is 6.02. The van der Waals surface area contributed by atoms with E-state index in [0.717, 1.165) is 5.56 Å². The molecule has 0 saturated carbocycles. The van der Waals surface area contributed by atoms with Crippen LogP contribution in [0.1, 0.15) is 37.0 Å². The highest BCUT2D eigenvalue weighted by atomic mass is 32.2. The number of carbonyl (C=O) groups is 1. The number of fused-ring (bicyclic) bond motifs is 1. The fourth-order valence-electron chi connectivity index (χ4n) is 3.17. The number of carbonyl (C=O) groups excluding carboxylic acids is 1. The predicted octanol–water partition coefficient (Wildman–Crippen LogP) is 2.90. The van der Waals surface area contributed by atoms with Crippen LogP contribution in [0.5, 0.6) is 0 Å². The van der Waals surface area contributed by atoms with Crippen molar-refractivity contribution in [2.75, 3.05) is 0 Å². The maximum atomic E-state index is 13.4. The maximum Gasteiger partial charge on any atom is 0.263 e. The third kappa shape index (κ3) is 4.82. The normalized spacial score (nSPS) is 17.1. The molecule has 8 heteroatoms. The number of amides is 1. The molecule has 6 nitrogen and oxygen atoms in total. The number of nitrogens with one attached hydrogen (secondary N) is 2. The van der Waals surface area contributed by atoms with Crippen molar-refractivity contribution in [1.29, 1.82) is 0 Å². The van der Waals surface area contributed by atoms with Crippen LogP contribution < -0.4 is 10.0 Å². The topological polar surface area (TPSA) is 87.6 Å². The fraction of sp³-hybridized carbons (Fsp3) is 0.333. The molecular formula is C21H24FN3O3S. The third-order valence-electron chi connectivity index (χ3n) is 4.63. The van der Waals surface area contributed by atoms with Crippen molar-refractivity contribution in [3.05, 3.63) is 65.0 Å². The molecule has 0 bridgehead atoms. The van der Waals surface area contributed by atoms with Gasteiger partial charge in [0.2, 0.25) is 5.91 Å². The second-order valence-electron chi connectivity index (χ2n) is 7.53. The minimum absolute atomic E-state index is 0.157. The Hall–Kier alpha value is -2.74. The van der Waals surface area contributed by atoms with Crippen LogP contribution in [0.2, 0.25) is 0 Å². The number of nitrogens with zero attached hydrogens (tertiary/aromatic N) is 1. The summed E-state index contributed by atoms with van der Waals surface area (Å²) in [5, 5.41) is 2.82. The van der Waals surface area contributed by atoms with E-state index in [1.54, 1.807) is 37.3 Å². The number of hydrogen-bond donors (Lipinski definition) is 2. The van der Waals surface area contributed by atoms with Crippen LogP contribution in [0.3, 0.4) is 0 Å². The lowest BCUT2D eigenvalue weighted by molar-refractivity contribution is -0.122. The minimum Gasteiger partial charge on any atom is -0.350 e. The first-order chi connectivity index (χ1) is 13.7. The summed E-state index contributed by atoms with van der Waals surface area (Å²) >= 11 is 0. The number of sulfonamides is 1. The summed E-state index contributed by atoms with van der Waals surface area (Å²) in [6.45, 7) is 5.84. The monoisotopic (exact) mass is 417 g/mol.